The first-order valence-electron chi connectivity index (χ1n) is 12.7. The van der Waals surface area contributed by atoms with E-state index in [2.05, 4.69) is 4.90 Å². The van der Waals surface area contributed by atoms with Gasteiger partial charge in [0.1, 0.15) is 0 Å². The fourth-order valence-corrected chi connectivity index (χ4v) is 7.41. The van der Waals surface area contributed by atoms with Gasteiger partial charge in [0.2, 0.25) is 17.7 Å². The minimum atomic E-state index is -1.11. The Balaban J connectivity index is 1.32. The van der Waals surface area contributed by atoms with Crippen molar-refractivity contribution in [3.63, 3.8) is 0 Å². The summed E-state index contributed by atoms with van der Waals surface area (Å²) in [7, 11) is 1.54. The molecule has 5 fully saturated rings. The molecule has 4 bridgehead atoms. The van der Waals surface area contributed by atoms with Crippen molar-refractivity contribution in [1.29, 1.82) is 0 Å². The van der Waals surface area contributed by atoms with E-state index in [-0.39, 0.29) is 30.6 Å². The van der Waals surface area contributed by atoms with E-state index in [0.717, 1.165) is 47.9 Å². The van der Waals surface area contributed by atoms with E-state index in [0.29, 0.717) is 12.0 Å². The van der Waals surface area contributed by atoms with E-state index in [9.17, 15) is 14.4 Å². The fourth-order valence-electron chi connectivity index (χ4n) is 7.41. The molecule has 2 aromatic rings. The molecule has 0 N–H and O–H groups in total. The number of fused-ring (bicyclic) bond motifs is 1. The Morgan fingerprint density at radius 2 is 1.47 bits per heavy atom. The highest BCUT2D eigenvalue weighted by atomic mass is 16.2. The normalized spacial score (nSPS) is 32.4. The molecule has 3 atom stereocenters. The number of nitrogens with zero attached hydrogens (tertiary/aromatic N) is 2. The minimum absolute atomic E-state index is 0.0433. The average molecular weight is 457 g/mol. The molecule has 5 heteroatoms. The molecular weight excluding hydrogens is 424 g/mol. The number of likely N-dealkylation sites (N-methyl/N-ethyl adjacent to an activating group) is 1. The first-order valence-corrected chi connectivity index (χ1v) is 12.7. The van der Waals surface area contributed by atoms with Gasteiger partial charge in [0.05, 0.1) is 5.41 Å². The minimum Gasteiger partial charge on any atom is -0.339 e. The number of imide groups is 1. The number of carbonyl (C=O) groups is 3. The Morgan fingerprint density at radius 1 is 0.853 bits per heavy atom. The predicted octanol–water partition coefficient (Wildman–Crippen LogP) is 4.41. The van der Waals surface area contributed by atoms with Gasteiger partial charge in [-0.1, -0.05) is 54.6 Å². The summed E-state index contributed by atoms with van der Waals surface area (Å²) in [6.45, 7) is 0.817. The summed E-state index contributed by atoms with van der Waals surface area (Å²) in [5.41, 5.74) is 1.81. The summed E-state index contributed by atoms with van der Waals surface area (Å²) in [6.07, 6.45) is 6.14. The van der Waals surface area contributed by atoms with Crippen LogP contribution in [-0.4, -0.2) is 47.2 Å². The second kappa shape index (κ2) is 8.07. The number of likely N-dealkylation sites (tertiary alicyclic amines) is 1. The van der Waals surface area contributed by atoms with E-state index >= 15 is 0 Å². The Hall–Kier alpha value is -2.95. The number of hydrogen-bond acceptors (Lipinski definition) is 3. The second-order valence-corrected chi connectivity index (χ2v) is 11.1. The Labute approximate surface area is 201 Å². The van der Waals surface area contributed by atoms with Crippen molar-refractivity contribution in [2.24, 2.45) is 17.8 Å². The number of carbonyl (C=O) groups excluding carboxylic acids is 3. The number of amides is 3. The molecule has 7 rings (SSSR count). The van der Waals surface area contributed by atoms with Gasteiger partial charge >= 0.3 is 0 Å². The SMILES string of the molecule is CN1C(=O)C[C@](CC(=O)N2CC3C[C@H]4CC2C[C@H](C3)C4)(c2ccc(-c3ccccc3)cc2)C1=O. The van der Waals surface area contributed by atoms with Crippen molar-refractivity contribution in [2.45, 2.75) is 56.4 Å². The van der Waals surface area contributed by atoms with Crippen molar-refractivity contribution in [3.8, 4) is 11.1 Å². The van der Waals surface area contributed by atoms with Crippen LogP contribution >= 0.6 is 0 Å². The monoisotopic (exact) mass is 456 g/mol. The van der Waals surface area contributed by atoms with Crippen molar-refractivity contribution in [1.82, 2.24) is 9.80 Å². The highest BCUT2D eigenvalue weighted by Gasteiger charge is 2.54. The maximum absolute atomic E-state index is 13.8. The average Bonchev–Trinajstić information content (AvgIpc) is 2.94. The molecule has 2 saturated carbocycles. The summed E-state index contributed by atoms with van der Waals surface area (Å²) in [5, 5.41) is 0. The van der Waals surface area contributed by atoms with Gasteiger partial charge in [0.15, 0.2) is 0 Å². The molecule has 3 amide bonds. The third kappa shape index (κ3) is 3.48. The zero-order valence-corrected chi connectivity index (χ0v) is 19.8. The second-order valence-electron chi connectivity index (χ2n) is 11.1. The van der Waals surface area contributed by atoms with Gasteiger partial charge in [-0.15, -0.1) is 0 Å². The molecule has 0 unspecified atom stereocenters. The van der Waals surface area contributed by atoms with Gasteiger partial charge in [-0.05, 0) is 66.5 Å². The summed E-state index contributed by atoms with van der Waals surface area (Å²) in [4.78, 5) is 43.3. The molecular formula is C29H32N2O3. The lowest BCUT2D eigenvalue weighted by molar-refractivity contribution is -0.142. The Morgan fingerprint density at radius 3 is 2.09 bits per heavy atom. The highest BCUT2D eigenvalue weighted by molar-refractivity contribution is 6.10. The molecule has 2 aliphatic carbocycles. The number of hydrogen-bond donors (Lipinski definition) is 0. The van der Waals surface area contributed by atoms with Crippen molar-refractivity contribution < 1.29 is 14.4 Å². The lowest BCUT2D eigenvalue weighted by Gasteiger charge is -2.39. The van der Waals surface area contributed by atoms with Crippen LogP contribution in [0.1, 0.15) is 50.5 Å². The van der Waals surface area contributed by atoms with Gasteiger partial charge in [-0.3, -0.25) is 19.3 Å². The zero-order valence-electron chi connectivity index (χ0n) is 19.8. The van der Waals surface area contributed by atoms with Crippen LogP contribution < -0.4 is 0 Å². The number of rotatable bonds is 4. The van der Waals surface area contributed by atoms with Crippen LogP contribution in [0, 0.1) is 17.8 Å². The van der Waals surface area contributed by atoms with E-state index in [1.54, 1.807) is 7.05 Å². The van der Waals surface area contributed by atoms with Crippen molar-refractivity contribution in [2.75, 3.05) is 13.6 Å². The lowest BCUT2D eigenvalue weighted by atomic mass is 9.68. The van der Waals surface area contributed by atoms with Crippen molar-refractivity contribution in [3.05, 3.63) is 60.2 Å². The lowest BCUT2D eigenvalue weighted by Crippen LogP contribution is -2.47. The van der Waals surface area contributed by atoms with E-state index in [4.69, 9.17) is 0 Å². The maximum atomic E-state index is 13.8. The Bertz CT molecular complexity index is 1110. The third-order valence-electron chi connectivity index (χ3n) is 8.97. The Kier molecular flexibility index (Phi) is 5.12. The smallest absolute Gasteiger partial charge is 0.240 e. The molecule has 0 aromatic heterocycles. The fraction of sp³-hybridized carbons (Fsp3) is 0.483. The van der Waals surface area contributed by atoms with Gasteiger partial charge < -0.3 is 4.90 Å². The van der Waals surface area contributed by atoms with Crippen LogP contribution in [0.3, 0.4) is 0 Å². The largest absolute Gasteiger partial charge is 0.339 e. The topological polar surface area (TPSA) is 57.7 Å². The van der Waals surface area contributed by atoms with Gasteiger partial charge in [-0.2, -0.15) is 0 Å². The van der Waals surface area contributed by atoms with Crippen LogP contribution in [0.5, 0.6) is 0 Å². The van der Waals surface area contributed by atoms with Gasteiger partial charge in [0, 0.05) is 32.5 Å². The molecule has 3 aliphatic heterocycles. The van der Waals surface area contributed by atoms with Gasteiger partial charge in [-0.25, -0.2) is 0 Å². The van der Waals surface area contributed by atoms with Gasteiger partial charge in [0.25, 0.3) is 0 Å². The molecule has 2 aromatic carbocycles. The molecule has 34 heavy (non-hydrogen) atoms. The standard InChI is InChI=1S/C29H32N2O3/c1-30-26(32)16-29(28(30)34,24-9-7-23(8-10-24)22-5-3-2-4-6-22)17-27(33)31-18-21-12-19-11-20(13-21)15-25(31)14-19/h2-10,19-21,25H,11-18H2,1H3/t19-,20-,21?,25?,29-/m0/s1. The predicted molar refractivity (Wildman–Crippen MR) is 130 cm³/mol. The quantitative estimate of drug-likeness (QED) is 0.641. The summed E-state index contributed by atoms with van der Waals surface area (Å²) < 4.78 is 0. The summed E-state index contributed by atoms with van der Waals surface area (Å²) >= 11 is 0. The van der Waals surface area contributed by atoms with Crippen LogP contribution in [0.4, 0.5) is 0 Å². The van der Waals surface area contributed by atoms with E-state index in [1.165, 1.54) is 24.2 Å². The van der Waals surface area contributed by atoms with Crippen LogP contribution in [-0.2, 0) is 19.8 Å². The molecule has 3 heterocycles. The zero-order chi connectivity index (χ0) is 23.4. The van der Waals surface area contributed by atoms with E-state index in [1.807, 2.05) is 54.6 Å². The molecule has 176 valence electrons. The number of benzene rings is 2. The molecule has 0 spiro atoms. The van der Waals surface area contributed by atoms with Crippen molar-refractivity contribution >= 4 is 17.7 Å². The molecule has 0 radical (unpaired) electrons. The summed E-state index contributed by atoms with van der Waals surface area (Å²) in [5.74, 6) is 1.67. The maximum Gasteiger partial charge on any atom is 0.240 e. The first kappa shape index (κ1) is 21.6. The summed E-state index contributed by atoms with van der Waals surface area (Å²) in [6, 6.07) is 18.3. The van der Waals surface area contributed by atoms with Crippen LogP contribution in [0.25, 0.3) is 11.1 Å². The first-order chi connectivity index (χ1) is 16.4. The molecule has 5 nitrogen and oxygen atoms in total. The molecule has 5 aliphatic rings. The van der Waals surface area contributed by atoms with Crippen LogP contribution in [0.15, 0.2) is 54.6 Å². The highest BCUT2D eigenvalue weighted by Crippen LogP contribution is 2.48. The third-order valence-corrected chi connectivity index (χ3v) is 8.97. The molecule has 3 saturated heterocycles. The van der Waals surface area contributed by atoms with Crippen LogP contribution in [0.2, 0.25) is 0 Å². The van der Waals surface area contributed by atoms with E-state index < -0.39 is 5.41 Å².